The van der Waals surface area contributed by atoms with Gasteiger partial charge in [-0.05, 0) is 60.0 Å². The van der Waals surface area contributed by atoms with Gasteiger partial charge in [0.05, 0.1) is 0 Å². The molecule has 25 heavy (non-hydrogen) atoms. The number of benzene rings is 3. The summed E-state index contributed by atoms with van der Waals surface area (Å²) in [6.45, 7) is 2.04. The molecule has 3 aromatic rings. The Labute approximate surface area is 157 Å². The number of phenols is 3. The summed E-state index contributed by atoms with van der Waals surface area (Å²) in [6, 6.07) is 17.5. The third-order valence-electron chi connectivity index (χ3n) is 4.55. The van der Waals surface area contributed by atoms with Crippen LogP contribution in [0.15, 0.2) is 70.5 Å². The normalized spacial score (nSPS) is 11.5. The van der Waals surface area contributed by atoms with Crippen LogP contribution in [0.3, 0.4) is 0 Å². The van der Waals surface area contributed by atoms with E-state index < -0.39 is 5.41 Å². The Kier molecular flexibility index (Phi) is 4.62. The van der Waals surface area contributed by atoms with Crippen molar-refractivity contribution in [3.8, 4) is 17.2 Å². The molecule has 0 saturated carbocycles. The summed E-state index contributed by atoms with van der Waals surface area (Å²) in [5.41, 5.74) is 2.19. The maximum atomic E-state index is 9.81. The smallest absolute Gasteiger partial charge is 0.128 e. The quantitative estimate of drug-likeness (QED) is 0.342. The zero-order valence-electron chi connectivity index (χ0n) is 13.5. The van der Waals surface area contributed by atoms with Crippen LogP contribution in [0, 0.1) is 0 Å². The topological polar surface area (TPSA) is 60.7 Å². The van der Waals surface area contributed by atoms with E-state index in [4.69, 9.17) is 0 Å². The van der Waals surface area contributed by atoms with Crippen molar-refractivity contribution in [3.05, 3.63) is 77.4 Å². The first kappa shape index (κ1) is 17.6. The van der Waals surface area contributed by atoms with Gasteiger partial charge in [-0.15, -0.1) is 25.3 Å². The van der Waals surface area contributed by atoms with Crippen LogP contribution in [0.1, 0.15) is 23.6 Å². The van der Waals surface area contributed by atoms with Crippen molar-refractivity contribution in [1.82, 2.24) is 0 Å². The van der Waals surface area contributed by atoms with Gasteiger partial charge in [-0.3, -0.25) is 0 Å². The van der Waals surface area contributed by atoms with Crippen LogP contribution < -0.4 is 0 Å². The molecule has 0 heterocycles. The Bertz CT molecular complexity index is 869. The third kappa shape index (κ3) is 3.17. The molecule has 0 aliphatic rings. The predicted octanol–water partition coefficient (Wildman–Crippen LogP) is 4.74. The Balaban J connectivity index is 2.28. The first-order chi connectivity index (χ1) is 11.8. The van der Waals surface area contributed by atoms with Crippen LogP contribution in [-0.4, -0.2) is 15.3 Å². The number of hydrogen-bond donors (Lipinski definition) is 5. The summed E-state index contributed by atoms with van der Waals surface area (Å²) in [5, 5.41) is 29.3. The van der Waals surface area contributed by atoms with Crippen LogP contribution in [0.2, 0.25) is 0 Å². The number of phenolic OH excluding ortho intramolecular Hbond substituents is 3. The van der Waals surface area contributed by atoms with Gasteiger partial charge in [0.1, 0.15) is 17.2 Å². The van der Waals surface area contributed by atoms with E-state index in [9.17, 15) is 15.3 Å². The molecule has 3 nitrogen and oxygen atoms in total. The van der Waals surface area contributed by atoms with Crippen molar-refractivity contribution in [2.75, 3.05) is 0 Å². The average Bonchev–Trinajstić information content (AvgIpc) is 2.59. The van der Waals surface area contributed by atoms with Crippen molar-refractivity contribution < 1.29 is 15.3 Å². The highest BCUT2D eigenvalue weighted by Gasteiger charge is 2.32. The fourth-order valence-electron chi connectivity index (χ4n) is 2.96. The maximum Gasteiger partial charge on any atom is 0.128 e. The van der Waals surface area contributed by atoms with Gasteiger partial charge in [-0.25, -0.2) is 0 Å². The Morgan fingerprint density at radius 1 is 0.640 bits per heavy atom. The summed E-state index contributed by atoms with van der Waals surface area (Å²) in [7, 11) is 0. The van der Waals surface area contributed by atoms with Crippen LogP contribution in [0.4, 0.5) is 0 Å². The van der Waals surface area contributed by atoms with Gasteiger partial charge < -0.3 is 15.3 Å². The molecule has 0 spiro atoms. The van der Waals surface area contributed by atoms with Crippen molar-refractivity contribution in [2.24, 2.45) is 0 Å². The predicted molar refractivity (Wildman–Crippen MR) is 104 cm³/mol. The lowest BCUT2D eigenvalue weighted by atomic mass is 9.71. The van der Waals surface area contributed by atoms with E-state index in [1.54, 1.807) is 24.3 Å². The second-order valence-electron chi connectivity index (χ2n) is 6.08. The Morgan fingerprint density at radius 3 is 1.44 bits per heavy atom. The molecule has 128 valence electrons. The molecule has 0 bridgehead atoms. The molecule has 0 aliphatic carbocycles. The van der Waals surface area contributed by atoms with Gasteiger partial charge in [0.15, 0.2) is 0 Å². The van der Waals surface area contributed by atoms with Crippen molar-refractivity contribution in [1.29, 1.82) is 0 Å². The summed E-state index contributed by atoms with van der Waals surface area (Å²) >= 11 is 8.66. The number of aromatic hydroxyl groups is 3. The lowest BCUT2D eigenvalue weighted by molar-refractivity contribution is 0.461. The van der Waals surface area contributed by atoms with Gasteiger partial charge >= 0.3 is 0 Å². The van der Waals surface area contributed by atoms with Crippen LogP contribution in [0.5, 0.6) is 17.2 Å². The van der Waals surface area contributed by atoms with E-state index >= 15 is 0 Å². The molecule has 0 unspecified atom stereocenters. The minimum absolute atomic E-state index is 0.112. The Hall–Kier alpha value is -2.24. The first-order valence-corrected chi connectivity index (χ1v) is 8.56. The molecule has 0 aromatic heterocycles. The standard InChI is InChI=1S/C20H18O3S2/c1-20(12-2-6-15(21)7-3-12,13-4-8-16(22)18(24)10-13)14-5-9-17(23)19(25)11-14/h2-11,21-25H,1H3. The lowest BCUT2D eigenvalue weighted by Crippen LogP contribution is -2.25. The summed E-state index contributed by atoms with van der Waals surface area (Å²) < 4.78 is 0. The van der Waals surface area contributed by atoms with Crippen LogP contribution in [-0.2, 0) is 5.41 Å². The lowest BCUT2D eigenvalue weighted by Gasteiger charge is -2.32. The van der Waals surface area contributed by atoms with Crippen molar-refractivity contribution >= 4 is 25.3 Å². The summed E-state index contributed by atoms with van der Waals surface area (Å²) in [5.74, 6) is 0.411. The van der Waals surface area contributed by atoms with Crippen molar-refractivity contribution in [3.63, 3.8) is 0 Å². The fourth-order valence-corrected chi connectivity index (χ4v) is 3.39. The largest absolute Gasteiger partial charge is 0.508 e. The zero-order valence-corrected chi connectivity index (χ0v) is 15.3. The summed E-state index contributed by atoms with van der Waals surface area (Å²) in [6.07, 6.45) is 0. The molecule has 5 heteroatoms. The van der Waals surface area contributed by atoms with Gasteiger partial charge in [-0.1, -0.05) is 24.3 Å². The van der Waals surface area contributed by atoms with E-state index in [2.05, 4.69) is 25.3 Å². The highest BCUT2D eigenvalue weighted by molar-refractivity contribution is 7.80. The van der Waals surface area contributed by atoms with Crippen molar-refractivity contribution in [2.45, 2.75) is 22.1 Å². The molecule has 0 radical (unpaired) electrons. The average molecular weight is 370 g/mol. The highest BCUT2D eigenvalue weighted by atomic mass is 32.1. The van der Waals surface area contributed by atoms with E-state index in [0.29, 0.717) is 9.79 Å². The van der Waals surface area contributed by atoms with E-state index in [1.165, 1.54) is 0 Å². The molecule has 0 saturated heterocycles. The minimum Gasteiger partial charge on any atom is -0.508 e. The van der Waals surface area contributed by atoms with Gasteiger partial charge in [-0.2, -0.15) is 0 Å². The molecule has 3 N–H and O–H groups in total. The number of rotatable bonds is 3. The molecule has 3 rings (SSSR count). The first-order valence-electron chi connectivity index (χ1n) is 7.67. The maximum absolute atomic E-state index is 9.81. The number of hydrogen-bond acceptors (Lipinski definition) is 5. The molecule has 0 amide bonds. The molecule has 3 aromatic carbocycles. The van der Waals surface area contributed by atoms with E-state index in [0.717, 1.165) is 16.7 Å². The van der Waals surface area contributed by atoms with E-state index in [1.807, 2.05) is 43.3 Å². The van der Waals surface area contributed by atoms with E-state index in [-0.39, 0.29) is 17.2 Å². The summed E-state index contributed by atoms with van der Waals surface area (Å²) in [4.78, 5) is 0.958. The highest BCUT2D eigenvalue weighted by Crippen LogP contribution is 2.42. The van der Waals surface area contributed by atoms with Crippen LogP contribution in [0.25, 0.3) is 0 Å². The monoisotopic (exact) mass is 370 g/mol. The molecule has 0 atom stereocenters. The van der Waals surface area contributed by atoms with Gasteiger partial charge in [0, 0.05) is 15.2 Å². The molecular weight excluding hydrogens is 352 g/mol. The molecule has 0 aliphatic heterocycles. The van der Waals surface area contributed by atoms with Gasteiger partial charge in [0.25, 0.3) is 0 Å². The minimum atomic E-state index is -0.593. The Morgan fingerprint density at radius 2 is 1.04 bits per heavy atom. The second kappa shape index (κ2) is 6.58. The SMILES string of the molecule is CC(c1ccc(O)cc1)(c1ccc(O)c(S)c1)c1ccc(O)c(S)c1. The molecule has 0 fully saturated rings. The third-order valence-corrected chi connectivity index (χ3v) is 5.27. The molecular formula is C20H18O3S2. The zero-order chi connectivity index (χ0) is 18.2. The second-order valence-corrected chi connectivity index (χ2v) is 7.04. The number of thiol groups is 2. The fraction of sp³-hybridized carbons (Fsp3) is 0.100. The van der Waals surface area contributed by atoms with Crippen LogP contribution >= 0.6 is 25.3 Å². The van der Waals surface area contributed by atoms with Gasteiger partial charge in [0.2, 0.25) is 0 Å².